The monoisotopic (exact) mass is 368 g/mol. The fourth-order valence-corrected chi connectivity index (χ4v) is 4.69. The summed E-state index contributed by atoms with van der Waals surface area (Å²) in [7, 11) is -3.78. The Morgan fingerprint density at radius 3 is 2.78 bits per heavy atom. The standard InChI is InChI=1S/C15H13ClN2O3S2/c1-2-21-10-7-8-12-13(9-10)22-15(17-12)18-23(19,20)14-6-4-3-5-11(14)16/h3-9H,2H2,1H3,(H,17,18). The van der Waals surface area contributed by atoms with Crippen molar-refractivity contribution in [2.24, 2.45) is 0 Å². The van der Waals surface area contributed by atoms with Crippen molar-refractivity contribution in [2.45, 2.75) is 11.8 Å². The topological polar surface area (TPSA) is 68.3 Å². The third-order valence-corrected chi connectivity index (χ3v) is 5.92. The van der Waals surface area contributed by atoms with Crippen LogP contribution < -0.4 is 9.46 Å². The van der Waals surface area contributed by atoms with Crippen LogP contribution in [0.1, 0.15) is 6.92 Å². The molecule has 0 fully saturated rings. The quantitative estimate of drug-likeness (QED) is 0.734. The van der Waals surface area contributed by atoms with E-state index >= 15 is 0 Å². The van der Waals surface area contributed by atoms with Gasteiger partial charge in [0.05, 0.1) is 21.8 Å². The van der Waals surface area contributed by atoms with Crippen molar-refractivity contribution in [3.63, 3.8) is 0 Å². The number of nitrogens with zero attached hydrogens (tertiary/aromatic N) is 1. The second kappa shape index (κ2) is 6.35. The molecular formula is C15H13ClN2O3S2. The molecule has 0 spiro atoms. The predicted molar refractivity (Wildman–Crippen MR) is 93.0 cm³/mol. The number of nitrogens with one attached hydrogen (secondary N) is 1. The number of halogens is 1. The van der Waals surface area contributed by atoms with E-state index < -0.39 is 10.0 Å². The van der Waals surface area contributed by atoms with E-state index in [-0.39, 0.29) is 15.0 Å². The minimum atomic E-state index is -3.78. The fourth-order valence-electron chi connectivity index (χ4n) is 2.04. The molecule has 0 atom stereocenters. The van der Waals surface area contributed by atoms with Crippen molar-refractivity contribution in [1.82, 2.24) is 4.98 Å². The van der Waals surface area contributed by atoms with E-state index in [9.17, 15) is 8.42 Å². The number of anilines is 1. The highest BCUT2D eigenvalue weighted by Crippen LogP contribution is 2.31. The number of fused-ring (bicyclic) bond motifs is 1. The van der Waals surface area contributed by atoms with Crippen molar-refractivity contribution in [2.75, 3.05) is 11.3 Å². The van der Waals surface area contributed by atoms with Crippen LogP contribution in [0, 0.1) is 0 Å². The van der Waals surface area contributed by atoms with Crippen LogP contribution in [0.5, 0.6) is 5.75 Å². The Labute approximate surface area is 142 Å². The SMILES string of the molecule is CCOc1ccc2nc(NS(=O)(=O)c3ccccc3Cl)sc2c1. The Balaban J connectivity index is 1.93. The third-order valence-electron chi connectivity index (χ3n) is 3.02. The van der Waals surface area contributed by atoms with E-state index in [4.69, 9.17) is 16.3 Å². The molecule has 0 aliphatic carbocycles. The Bertz CT molecular complexity index is 954. The molecule has 0 saturated heterocycles. The van der Waals surface area contributed by atoms with Gasteiger partial charge in [-0.05, 0) is 37.3 Å². The van der Waals surface area contributed by atoms with Gasteiger partial charge >= 0.3 is 0 Å². The van der Waals surface area contributed by atoms with Gasteiger partial charge < -0.3 is 4.74 Å². The van der Waals surface area contributed by atoms with Gasteiger partial charge in [-0.1, -0.05) is 35.1 Å². The number of benzene rings is 2. The molecule has 120 valence electrons. The lowest BCUT2D eigenvalue weighted by Gasteiger charge is -2.06. The summed E-state index contributed by atoms with van der Waals surface area (Å²) in [5.74, 6) is 0.726. The minimum Gasteiger partial charge on any atom is -0.494 e. The van der Waals surface area contributed by atoms with Crippen molar-refractivity contribution in [3.05, 3.63) is 47.5 Å². The average Bonchev–Trinajstić information content (AvgIpc) is 2.88. The maximum absolute atomic E-state index is 12.4. The van der Waals surface area contributed by atoms with Crippen molar-refractivity contribution in [1.29, 1.82) is 0 Å². The number of rotatable bonds is 5. The molecule has 8 heteroatoms. The summed E-state index contributed by atoms with van der Waals surface area (Å²) in [5, 5.41) is 0.452. The molecular weight excluding hydrogens is 356 g/mol. The van der Waals surface area contributed by atoms with Crippen LogP contribution in [0.25, 0.3) is 10.2 Å². The summed E-state index contributed by atoms with van der Waals surface area (Å²) >= 11 is 7.20. The van der Waals surface area contributed by atoms with Gasteiger partial charge in [0.2, 0.25) is 0 Å². The van der Waals surface area contributed by atoms with E-state index in [0.717, 1.165) is 10.4 Å². The van der Waals surface area contributed by atoms with Crippen LogP contribution in [0.2, 0.25) is 5.02 Å². The maximum atomic E-state index is 12.4. The van der Waals surface area contributed by atoms with E-state index in [2.05, 4.69) is 9.71 Å². The van der Waals surface area contributed by atoms with E-state index in [1.54, 1.807) is 24.3 Å². The lowest BCUT2D eigenvalue weighted by atomic mass is 10.3. The number of hydrogen-bond donors (Lipinski definition) is 1. The molecule has 5 nitrogen and oxygen atoms in total. The number of sulfonamides is 1. The Morgan fingerprint density at radius 1 is 1.26 bits per heavy atom. The van der Waals surface area contributed by atoms with Crippen molar-refractivity contribution >= 4 is 48.3 Å². The fraction of sp³-hybridized carbons (Fsp3) is 0.133. The first-order valence-corrected chi connectivity index (χ1v) is 9.48. The molecule has 0 saturated carbocycles. The highest BCUT2D eigenvalue weighted by Gasteiger charge is 2.19. The summed E-state index contributed by atoms with van der Waals surface area (Å²) in [6.45, 7) is 2.47. The summed E-state index contributed by atoms with van der Waals surface area (Å²) < 4.78 is 33.6. The average molecular weight is 369 g/mol. The van der Waals surface area contributed by atoms with Gasteiger partial charge in [-0.2, -0.15) is 0 Å². The van der Waals surface area contributed by atoms with Gasteiger partial charge in [0, 0.05) is 0 Å². The molecule has 0 aliphatic heterocycles. The number of hydrogen-bond acceptors (Lipinski definition) is 5. The summed E-state index contributed by atoms with van der Waals surface area (Å²) in [6, 6.07) is 11.7. The Hall–Kier alpha value is -1.83. The first-order valence-electron chi connectivity index (χ1n) is 6.80. The van der Waals surface area contributed by atoms with E-state index in [1.807, 2.05) is 13.0 Å². The van der Waals surface area contributed by atoms with Gasteiger partial charge in [-0.25, -0.2) is 13.4 Å². The lowest BCUT2D eigenvalue weighted by Crippen LogP contribution is -2.13. The van der Waals surface area contributed by atoms with Crippen LogP contribution in [0.15, 0.2) is 47.4 Å². The number of aromatic nitrogens is 1. The summed E-state index contributed by atoms with van der Waals surface area (Å²) in [4.78, 5) is 4.31. The lowest BCUT2D eigenvalue weighted by molar-refractivity contribution is 0.341. The molecule has 1 N–H and O–H groups in total. The summed E-state index contributed by atoms with van der Waals surface area (Å²) in [6.07, 6.45) is 0. The zero-order chi connectivity index (χ0) is 16.4. The largest absolute Gasteiger partial charge is 0.494 e. The summed E-state index contributed by atoms with van der Waals surface area (Å²) in [5.41, 5.74) is 0.704. The molecule has 3 aromatic rings. The highest BCUT2D eigenvalue weighted by molar-refractivity contribution is 7.93. The van der Waals surface area contributed by atoms with Crippen molar-refractivity contribution in [3.8, 4) is 5.75 Å². The Kier molecular flexibility index (Phi) is 4.43. The smallest absolute Gasteiger partial charge is 0.265 e. The number of thiazole rings is 1. The van der Waals surface area contributed by atoms with Crippen LogP contribution in [0.3, 0.4) is 0 Å². The van der Waals surface area contributed by atoms with Crippen molar-refractivity contribution < 1.29 is 13.2 Å². The van der Waals surface area contributed by atoms with Crippen LogP contribution in [-0.2, 0) is 10.0 Å². The first-order chi connectivity index (χ1) is 11.0. The zero-order valence-electron chi connectivity index (χ0n) is 12.1. The molecule has 23 heavy (non-hydrogen) atoms. The molecule has 0 radical (unpaired) electrons. The second-order valence-electron chi connectivity index (χ2n) is 4.62. The normalized spacial score (nSPS) is 11.6. The molecule has 1 heterocycles. The van der Waals surface area contributed by atoms with Gasteiger partial charge in [0.15, 0.2) is 5.13 Å². The van der Waals surface area contributed by atoms with Crippen LogP contribution >= 0.6 is 22.9 Å². The van der Waals surface area contributed by atoms with Crippen LogP contribution in [-0.4, -0.2) is 20.0 Å². The zero-order valence-corrected chi connectivity index (χ0v) is 14.5. The first kappa shape index (κ1) is 16.0. The molecule has 0 bridgehead atoms. The van der Waals surface area contributed by atoms with Gasteiger partial charge in [-0.3, -0.25) is 4.72 Å². The Morgan fingerprint density at radius 2 is 2.04 bits per heavy atom. The molecule has 3 rings (SSSR count). The molecule has 1 aromatic heterocycles. The van der Waals surface area contributed by atoms with Gasteiger partial charge in [0.1, 0.15) is 10.6 Å². The van der Waals surface area contributed by atoms with Gasteiger partial charge in [0.25, 0.3) is 10.0 Å². The second-order valence-corrected chi connectivity index (χ2v) is 7.71. The third kappa shape index (κ3) is 3.41. The molecule has 0 aliphatic rings. The van der Waals surface area contributed by atoms with E-state index in [1.165, 1.54) is 23.5 Å². The maximum Gasteiger partial charge on any atom is 0.265 e. The molecule has 0 unspecified atom stereocenters. The molecule has 0 amide bonds. The van der Waals surface area contributed by atoms with Crippen LogP contribution in [0.4, 0.5) is 5.13 Å². The van der Waals surface area contributed by atoms with Gasteiger partial charge in [-0.15, -0.1) is 0 Å². The molecule has 2 aromatic carbocycles. The minimum absolute atomic E-state index is 0.0240. The predicted octanol–water partition coefficient (Wildman–Crippen LogP) is 4.15. The number of ether oxygens (including phenoxy) is 1. The highest BCUT2D eigenvalue weighted by atomic mass is 35.5. The van der Waals surface area contributed by atoms with E-state index in [0.29, 0.717) is 12.1 Å².